The Labute approximate surface area is 130 Å². The summed E-state index contributed by atoms with van der Waals surface area (Å²) in [6.45, 7) is 7.64. The maximum absolute atomic E-state index is 5.68. The summed E-state index contributed by atoms with van der Waals surface area (Å²) < 4.78 is 11.1. The van der Waals surface area contributed by atoms with Crippen molar-refractivity contribution in [2.45, 2.75) is 12.8 Å². The highest BCUT2D eigenvalue weighted by Crippen LogP contribution is 2.14. The molecule has 0 spiro atoms. The highest BCUT2D eigenvalue weighted by molar-refractivity contribution is 5.97. The van der Waals surface area contributed by atoms with E-state index in [1.165, 1.54) is 0 Å². The van der Waals surface area contributed by atoms with Gasteiger partial charge in [0.05, 0.1) is 19.8 Å². The summed E-state index contributed by atoms with van der Waals surface area (Å²) in [7, 11) is 0. The summed E-state index contributed by atoms with van der Waals surface area (Å²) >= 11 is 0. The lowest BCUT2D eigenvalue weighted by atomic mass is 10.2. The molecule has 1 aromatic heterocycles. The Morgan fingerprint density at radius 1 is 1.23 bits per heavy atom. The maximum Gasteiger partial charge on any atom is 0.318 e. The lowest BCUT2D eigenvalue weighted by molar-refractivity contribution is 0.0673. The first-order chi connectivity index (χ1) is 10.8. The molecule has 1 aromatic rings. The Kier molecular flexibility index (Phi) is 4.80. The van der Waals surface area contributed by atoms with Crippen molar-refractivity contribution in [3.63, 3.8) is 0 Å². The molecule has 6 heteroatoms. The average molecular weight is 300 g/mol. The number of aromatic nitrogens is 1. The fraction of sp³-hybridized carbons (Fsp3) is 0.438. The molecule has 3 heterocycles. The molecule has 0 amide bonds. The minimum atomic E-state index is 0.397. The van der Waals surface area contributed by atoms with Crippen molar-refractivity contribution >= 4 is 11.9 Å². The third-order valence-corrected chi connectivity index (χ3v) is 3.53. The quantitative estimate of drug-likeness (QED) is 0.851. The summed E-state index contributed by atoms with van der Waals surface area (Å²) in [4.78, 5) is 15.3. The second-order valence-corrected chi connectivity index (χ2v) is 5.18. The Morgan fingerprint density at radius 3 is 2.86 bits per heavy atom. The van der Waals surface area contributed by atoms with Gasteiger partial charge in [-0.15, -0.1) is 0 Å². The van der Waals surface area contributed by atoms with Gasteiger partial charge in [-0.1, -0.05) is 12.6 Å². The van der Waals surface area contributed by atoms with Gasteiger partial charge in [0.2, 0.25) is 0 Å². The SMILES string of the molecule is C=C1CC(N2CCOCC2)=NC(OCCc2ccccn2)=N1. The zero-order chi connectivity index (χ0) is 15.2. The predicted molar refractivity (Wildman–Crippen MR) is 84.9 cm³/mol. The summed E-state index contributed by atoms with van der Waals surface area (Å²) in [5, 5.41) is 0. The summed E-state index contributed by atoms with van der Waals surface area (Å²) in [6, 6.07) is 6.25. The van der Waals surface area contributed by atoms with Crippen LogP contribution >= 0.6 is 0 Å². The molecule has 6 nitrogen and oxygen atoms in total. The van der Waals surface area contributed by atoms with Crippen molar-refractivity contribution in [3.8, 4) is 0 Å². The average Bonchev–Trinajstić information content (AvgIpc) is 2.56. The highest BCUT2D eigenvalue weighted by atomic mass is 16.5. The Bertz CT molecular complexity index is 577. The van der Waals surface area contributed by atoms with Gasteiger partial charge >= 0.3 is 6.02 Å². The molecule has 0 bridgehead atoms. The van der Waals surface area contributed by atoms with Gasteiger partial charge in [0.15, 0.2) is 0 Å². The van der Waals surface area contributed by atoms with Crippen LogP contribution in [-0.4, -0.2) is 54.7 Å². The molecule has 2 aliphatic heterocycles. The second-order valence-electron chi connectivity index (χ2n) is 5.18. The fourth-order valence-corrected chi connectivity index (χ4v) is 2.39. The van der Waals surface area contributed by atoms with Crippen molar-refractivity contribution < 1.29 is 9.47 Å². The van der Waals surface area contributed by atoms with E-state index in [9.17, 15) is 0 Å². The lowest BCUT2D eigenvalue weighted by Gasteiger charge is -2.31. The van der Waals surface area contributed by atoms with E-state index >= 15 is 0 Å². The smallest absolute Gasteiger partial charge is 0.318 e. The van der Waals surface area contributed by atoms with E-state index in [1.807, 2.05) is 18.2 Å². The van der Waals surface area contributed by atoms with E-state index in [4.69, 9.17) is 9.47 Å². The van der Waals surface area contributed by atoms with Crippen molar-refractivity contribution in [1.82, 2.24) is 9.88 Å². The van der Waals surface area contributed by atoms with Crippen LogP contribution < -0.4 is 0 Å². The normalized spacial score (nSPS) is 18.7. The van der Waals surface area contributed by atoms with Gasteiger partial charge in [-0.25, -0.2) is 4.99 Å². The summed E-state index contributed by atoms with van der Waals surface area (Å²) in [6.07, 6.45) is 3.19. The van der Waals surface area contributed by atoms with Crippen LogP contribution in [0, 0.1) is 0 Å². The van der Waals surface area contributed by atoms with E-state index < -0.39 is 0 Å². The van der Waals surface area contributed by atoms with Crippen LogP contribution in [0.5, 0.6) is 0 Å². The van der Waals surface area contributed by atoms with Gasteiger partial charge in [-0.2, -0.15) is 4.99 Å². The zero-order valence-corrected chi connectivity index (χ0v) is 12.6. The minimum absolute atomic E-state index is 0.397. The van der Waals surface area contributed by atoms with Crippen molar-refractivity contribution in [2.75, 3.05) is 32.9 Å². The van der Waals surface area contributed by atoms with Crippen molar-refractivity contribution in [2.24, 2.45) is 9.98 Å². The second kappa shape index (κ2) is 7.17. The third kappa shape index (κ3) is 3.92. The maximum atomic E-state index is 5.68. The molecular formula is C16H20N4O2. The van der Waals surface area contributed by atoms with Crippen LogP contribution in [0.1, 0.15) is 12.1 Å². The Hall–Kier alpha value is -2.21. The van der Waals surface area contributed by atoms with Crippen molar-refractivity contribution in [3.05, 3.63) is 42.4 Å². The molecule has 1 saturated heterocycles. The van der Waals surface area contributed by atoms with Gasteiger partial charge in [-0.05, 0) is 12.1 Å². The monoisotopic (exact) mass is 300 g/mol. The van der Waals surface area contributed by atoms with Crippen LogP contribution in [0.15, 0.2) is 46.7 Å². The van der Waals surface area contributed by atoms with E-state index in [0.29, 0.717) is 19.0 Å². The van der Waals surface area contributed by atoms with Crippen LogP contribution in [0.25, 0.3) is 0 Å². The molecule has 1 fully saturated rings. The van der Waals surface area contributed by atoms with Gasteiger partial charge in [0.25, 0.3) is 0 Å². The van der Waals surface area contributed by atoms with Crippen LogP contribution in [0.4, 0.5) is 0 Å². The van der Waals surface area contributed by atoms with E-state index in [2.05, 4.69) is 26.4 Å². The minimum Gasteiger partial charge on any atom is -0.463 e. The molecule has 0 N–H and O–H groups in total. The highest BCUT2D eigenvalue weighted by Gasteiger charge is 2.20. The molecule has 22 heavy (non-hydrogen) atoms. The number of morpholine rings is 1. The number of ether oxygens (including phenoxy) is 2. The number of aliphatic imine (C=N–C) groups is 2. The number of hydrogen-bond donors (Lipinski definition) is 0. The van der Waals surface area contributed by atoms with Crippen molar-refractivity contribution in [1.29, 1.82) is 0 Å². The predicted octanol–water partition coefficient (Wildman–Crippen LogP) is 1.64. The molecule has 0 saturated carbocycles. The van der Waals surface area contributed by atoms with E-state index in [-0.39, 0.29) is 0 Å². The molecule has 0 atom stereocenters. The largest absolute Gasteiger partial charge is 0.463 e. The fourth-order valence-electron chi connectivity index (χ4n) is 2.39. The first-order valence-corrected chi connectivity index (χ1v) is 7.51. The number of amidine groups is 2. The van der Waals surface area contributed by atoms with Crippen LogP contribution in [0.2, 0.25) is 0 Å². The number of nitrogens with zero attached hydrogens (tertiary/aromatic N) is 4. The molecule has 0 aliphatic carbocycles. The van der Waals surface area contributed by atoms with Gasteiger partial charge in [-0.3, -0.25) is 4.98 Å². The van der Waals surface area contributed by atoms with E-state index in [0.717, 1.165) is 50.0 Å². The van der Waals surface area contributed by atoms with Crippen LogP contribution in [0.3, 0.4) is 0 Å². The molecule has 3 rings (SSSR count). The molecule has 116 valence electrons. The van der Waals surface area contributed by atoms with Gasteiger partial charge in [0.1, 0.15) is 5.84 Å². The topological polar surface area (TPSA) is 59.3 Å². The summed E-state index contributed by atoms with van der Waals surface area (Å²) in [5.41, 5.74) is 1.78. The molecule has 0 aromatic carbocycles. The van der Waals surface area contributed by atoms with Gasteiger partial charge < -0.3 is 14.4 Å². The third-order valence-electron chi connectivity index (χ3n) is 3.53. The van der Waals surface area contributed by atoms with Crippen LogP contribution in [-0.2, 0) is 15.9 Å². The standard InChI is InChI=1S/C16H20N4O2/c1-13-12-15(20-7-10-21-11-8-20)19-16(18-13)22-9-5-14-4-2-3-6-17-14/h2-4,6H,1,5,7-12H2. The molecular weight excluding hydrogens is 280 g/mol. The Morgan fingerprint density at radius 2 is 2.09 bits per heavy atom. The van der Waals surface area contributed by atoms with Gasteiger partial charge in [0, 0.05) is 43.5 Å². The summed E-state index contributed by atoms with van der Waals surface area (Å²) in [5.74, 6) is 0.969. The number of pyridine rings is 1. The Balaban J connectivity index is 1.57. The molecule has 0 unspecified atom stereocenters. The first kappa shape index (κ1) is 14.7. The molecule has 2 aliphatic rings. The number of hydrogen-bond acceptors (Lipinski definition) is 6. The first-order valence-electron chi connectivity index (χ1n) is 7.51. The lowest BCUT2D eigenvalue weighted by Crippen LogP contribution is -2.42. The zero-order valence-electron chi connectivity index (χ0n) is 12.6. The molecule has 0 radical (unpaired) electrons. The number of rotatable bonds is 3. The van der Waals surface area contributed by atoms with E-state index in [1.54, 1.807) is 6.20 Å².